The fraction of sp³-hybridized carbons (Fsp3) is 0.333. The zero-order chi connectivity index (χ0) is 13.1. The van der Waals surface area contributed by atoms with Crippen molar-refractivity contribution in [2.75, 3.05) is 7.05 Å². The molecule has 0 aliphatic carbocycles. The Morgan fingerprint density at radius 2 is 2.06 bits per heavy atom. The summed E-state index contributed by atoms with van der Waals surface area (Å²) in [5, 5.41) is 3.36. The summed E-state index contributed by atoms with van der Waals surface area (Å²) in [5.74, 6) is 0. The van der Waals surface area contributed by atoms with Gasteiger partial charge in [0, 0.05) is 20.3 Å². The van der Waals surface area contributed by atoms with Crippen LogP contribution in [0.4, 0.5) is 0 Å². The monoisotopic (exact) mass is 323 g/mol. The number of hydrogen-bond acceptors (Lipinski definition) is 2. The number of thiophene rings is 1. The Morgan fingerprint density at radius 1 is 1.28 bits per heavy atom. The van der Waals surface area contributed by atoms with Gasteiger partial charge in [0.05, 0.1) is 0 Å². The standard InChI is InChI=1S/C15H18BrNS/c1-4-13(17-3)15-9-8-14(18-15)11-6-5-7-12(16)10(11)2/h5-9,13,17H,4H2,1-3H3. The van der Waals surface area contributed by atoms with Gasteiger partial charge in [0.2, 0.25) is 0 Å². The Kier molecular flexibility index (Phi) is 4.60. The zero-order valence-corrected chi connectivity index (χ0v) is 13.4. The third-order valence-electron chi connectivity index (χ3n) is 3.26. The largest absolute Gasteiger partial charge is 0.312 e. The average Bonchev–Trinajstić information content (AvgIpc) is 2.84. The molecule has 1 heterocycles. The van der Waals surface area contributed by atoms with Crippen molar-refractivity contribution in [2.45, 2.75) is 26.3 Å². The van der Waals surface area contributed by atoms with Crippen LogP contribution in [-0.4, -0.2) is 7.05 Å². The first-order chi connectivity index (χ1) is 8.67. The number of benzene rings is 1. The first-order valence-electron chi connectivity index (χ1n) is 6.19. The number of nitrogens with one attached hydrogen (secondary N) is 1. The van der Waals surface area contributed by atoms with Gasteiger partial charge in [0.1, 0.15) is 0 Å². The van der Waals surface area contributed by atoms with E-state index in [4.69, 9.17) is 0 Å². The molecule has 2 rings (SSSR count). The summed E-state index contributed by atoms with van der Waals surface area (Å²) in [7, 11) is 2.03. The molecule has 0 saturated heterocycles. The number of rotatable bonds is 4. The fourth-order valence-electron chi connectivity index (χ4n) is 2.11. The van der Waals surface area contributed by atoms with Gasteiger partial charge in [0.15, 0.2) is 0 Å². The van der Waals surface area contributed by atoms with E-state index in [1.807, 2.05) is 18.4 Å². The molecule has 0 fully saturated rings. The Balaban J connectivity index is 2.38. The second-order valence-corrected chi connectivity index (χ2v) is 6.33. The van der Waals surface area contributed by atoms with Crippen molar-refractivity contribution in [2.24, 2.45) is 0 Å². The minimum Gasteiger partial charge on any atom is -0.312 e. The Labute approximate surface area is 121 Å². The van der Waals surface area contributed by atoms with Gasteiger partial charge in [-0.2, -0.15) is 0 Å². The van der Waals surface area contributed by atoms with Crippen LogP contribution in [-0.2, 0) is 0 Å². The first-order valence-corrected chi connectivity index (χ1v) is 7.80. The van der Waals surface area contributed by atoms with E-state index in [0.29, 0.717) is 6.04 Å². The van der Waals surface area contributed by atoms with Gasteiger partial charge in [-0.25, -0.2) is 0 Å². The molecule has 0 spiro atoms. The van der Waals surface area contributed by atoms with Crippen LogP contribution in [0.15, 0.2) is 34.8 Å². The molecule has 1 aromatic heterocycles. The zero-order valence-electron chi connectivity index (χ0n) is 11.0. The molecular formula is C15H18BrNS. The van der Waals surface area contributed by atoms with E-state index in [0.717, 1.165) is 6.42 Å². The highest BCUT2D eigenvalue weighted by molar-refractivity contribution is 9.10. The number of halogens is 1. The molecule has 0 radical (unpaired) electrons. The molecule has 0 bridgehead atoms. The molecule has 0 amide bonds. The molecule has 18 heavy (non-hydrogen) atoms. The normalized spacial score (nSPS) is 12.7. The predicted octanol–water partition coefficient (Wildman–Crippen LogP) is 5.16. The maximum atomic E-state index is 3.60. The molecular weight excluding hydrogens is 306 g/mol. The van der Waals surface area contributed by atoms with E-state index < -0.39 is 0 Å². The van der Waals surface area contributed by atoms with Crippen LogP contribution in [0.2, 0.25) is 0 Å². The van der Waals surface area contributed by atoms with Crippen LogP contribution in [0.25, 0.3) is 10.4 Å². The fourth-order valence-corrected chi connectivity index (χ4v) is 3.76. The lowest BCUT2D eigenvalue weighted by atomic mass is 10.1. The molecule has 0 aliphatic rings. The van der Waals surface area contributed by atoms with Gasteiger partial charge in [-0.3, -0.25) is 0 Å². The summed E-state index contributed by atoms with van der Waals surface area (Å²) in [6.07, 6.45) is 1.12. The summed E-state index contributed by atoms with van der Waals surface area (Å²) >= 11 is 5.48. The maximum absolute atomic E-state index is 3.60. The van der Waals surface area contributed by atoms with E-state index in [-0.39, 0.29) is 0 Å². The topological polar surface area (TPSA) is 12.0 Å². The molecule has 1 nitrogen and oxygen atoms in total. The summed E-state index contributed by atoms with van der Waals surface area (Å²) in [5.41, 5.74) is 2.63. The summed E-state index contributed by atoms with van der Waals surface area (Å²) in [6.45, 7) is 4.37. The van der Waals surface area contributed by atoms with Gasteiger partial charge >= 0.3 is 0 Å². The molecule has 1 atom stereocenters. The lowest BCUT2D eigenvalue weighted by Crippen LogP contribution is -2.13. The van der Waals surface area contributed by atoms with Crippen molar-refractivity contribution in [1.29, 1.82) is 0 Å². The van der Waals surface area contributed by atoms with Crippen molar-refractivity contribution < 1.29 is 0 Å². The third-order valence-corrected chi connectivity index (χ3v) is 5.35. The molecule has 96 valence electrons. The first kappa shape index (κ1) is 13.8. The van der Waals surface area contributed by atoms with Crippen LogP contribution in [0, 0.1) is 6.92 Å². The van der Waals surface area contributed by atoms with Gasteiger partial charge in [-0.15, -0.1) is 11.3 Å². The summed E-state index contributed by atoms with van der Waals surface area (Å²) < 4.78 is 1.18. The molecule has 1 aromatic carbocycles. The van der Waals surface area contributed by atoms with E-state index in [9.17, 15) is 0 Å². The molecule has 2 aromatic rings. The Morgan fingerprint density at radius 3 is 2.72 bits per heavy atom. The SMILES string of the molecule is CCC(NC)c1ccc(-c2cccc(Br)c2C)s1. The van der Waals surface area contributed by atoms with Gasteiger partial charge < -0.3 is 5.32 Å². The van der Waals surface area contributed by atoms with Gasteiger partial charge in [-0.1, -0.05) is 35.0 Å². The van der Waals surface area contributed by atoms with Crippen molar-refractivity contribution in [3.05, 3.63) is 45.2 Å². The van der Waals surface area contributed by atoms with E-state index in [2.05, 4.69) is 65.4 Å². The van der Waals surface area contributed by atoms with Crippen LogP contribution in [0.1, 0.15) is 29.8 Å². The molecule has 0 saturated carbocycles. The lowest BCUT2D eigenvalue weighted by molar-refractivity contribution is 0.586. The summed E-state index contributed by atoms with van der Waals surface area (Å²) in [6, 6.07) is 11.3. The minimum absolute atomic E-state index is 0.469. The maximum Gasteiger partial charge on any atom is 0.0409 e. The van der Waals surface area contributed by atoms with Crippen molar-refractivity contribution in [3.63, 3.8) is 0 Å². The van der Waals surface area contributed by atoms with Crippen molar-refractivity contribution >= 4 is 27.3 Å². The van der Waals surface area contributed by atoms with Crippen molar-refractivity contribution in [1.82, 2.24) is 5.32 Å². The van der Waals surface area contributed by atoms with Gasteiger partial charge in [-0.05, 0) is 49.7 Å². The Hall–Kier alpha value is -0.640. The highest BCUT2D eigenvalue weighted by Gasteiger charge is 2.12. The van der Waals surface area contributed by atoms with Crippen LogP contribution in [0.3, 0.4) is 0 Å². The van der Waals surface area contributed by atoms with Crippen molar-refractivity contribution in [3.8, 4) is 10.4 Å². The van der Waals surface area contributed by atoms with Crippen LogP contribution in [0.5, 0.6) is 0 Å². The lowest BCUT2D eigenvalue weighted by Gasteiger charge is -2.11. The average molecular weight is 324 g/mol. The van der Waals surface area contributed by atoms with E-state index in [1.165, 1.54) is 25.4 Å². The van der Waals surface area contributed by atoms with Gasteiger partial charge in [0.25, 0.3) is 0 Å². The van der Waals surface area contributed by atoms with E-state index >= 15 is 0 Å². The molecule has 1 unspecified atom stereocenters. The quantitative estimate of drug-likeness (QED) is 0.819. The second-order valence-electron chi connectivity index (χ2n) is 4.36. The van der Waals surface area contributed by atoms with E-state index in [1.54, 1.807) is 0 Å². The highest BCUT2D eigenvalue weighted by Crippen LogP contribution is 2.35. The number of hydrogen-bond donors (Lipinski definition) is 1. The Bertz CT molecular complexity index is 529. The van der Waals surface area contributed by atoms with Crippen LogP contribution < -0.4 is 5.32 Å². The molecule has 1 N–H and O–H groups in total. The second kappa shape index (κ2) is 6.00. The molecule has 3 heteroatoms. The third kappa shape index (κ3) is 2.68. The predicted molar refractivity (Wildman–Crippen MR) is 84.3 cm³/mol. The minimum atomic E-state index is 0.469. The smallest absolute Gasteiger partial charge is 0.0409 e. The highest BCUT2D eigenvalue weighted by atomic mass is 79.9. The summed E-state index contributed by atoms with van der Waals surface area (Å²) in [4.78, 5) is 2.76. The van der Waals surface area contributed by atoms with Crippen LogP contribution >= 0.6 is 27.3 Å². The molecule has 0 aliphatic heterocycles.